The Kier molecular flexibility index (Phi) is 4.19. The van der Waals surface area contributed by atoms with E-state index in [-0.39, 0.29) is 5.91 Å². The highest BCUT2D eigenvalue weighted by molar-refractivity contribution is 7.99. The fourth-order valence-corrected chi connectivity index (χ4v) is 4.38. The smallest absolute Gasteiger partial charge is 0.327 e. The fraction of sp³-hybridized carbons (Fsp3) is 0.500. The molecule has 2 atom stereocenters. The predicted molar refractivity (Wildman–Crippen MR) is 82.2 cm³/mol. The molecule has 0 spiro atoms. The van der Waals surface area contributed by atoms with Crippen LogP contribution in [0.4, 0.5) is 0 Å². The maximum Gasteiger partial charge on any atom is 0.327 e. The fourth-order valence-electron chi connectivity index (χ4n) is 3.20. The Morgan fingerprint density at radius 1 is 1.29 bits per heavy atom. The van der Waals surface area contributed by atoms with E-state index in [1.807, 2.05) is 6.07 Å². The van der Waals surface area contributed by atoms with Gasteiger partial charge in [0.05, 0.1) is 5.88 Å². The summed E-state index contributed by atoms with van der Waals surface area (Å²) in [5.74, 6) is 0.472. The molecule has 0 bridgehead atoms. The van der Waals surface area contributed by atoms with Crippen LogP contribution in [0.2, 0.25) is 0 Å². The second-order valence-corrected chi connectivity index (χ2v) is 6.80. The van der Waals surface area contributed by atoms with Gasteiger partial charge in [0.15, 0.2) is 0 Å². The van der Waals surface area contributed by atoms with Crippen LogP contribution in [-0.2, 0) is 22.4 Å². The topological polar surface area (TPSA) is 57.6 Å². The average Bonchev–Trinajstić information content (AvgIpc) is 2.97. The van der Waals surface area contributed by atoms with Gasteiger partial charge in [0.1, 0.15) is 6.04 Å². The van der Waals surface area contributed by atoms with Crippen LogP contribution in [0.3, 0.4) is 0 Å². The molecule has 5 heteroatoms. The number of aliphatic carboxylic acids is 1. The van der Waals surface area contributed by atoms with Gasteiger partial charge in [-0.05, 0) is 36.3 Å². The zero-order valence-corrected chi connectivity index (χ0v) is 12.6. The van der Waals surface area contributed by atoms with Crippen molar-refractivity contribution in [1.82, 2.24) is 4.90 Å². The number of carboxylic acids is 1. The summed E-state index contributed by atoms with van der Waals surface area (Å²) < 4.78 is 0. The van der Waals surface area contributed by atoms with Gasteiger partial charge in [0.2, 0.25) is 5.91 Å². The SMILES string of the molecule is O=C(O)[C@H]1CSCN1C(=O)C[C@H]1CCc2ccccc2C1. The van der Waals surface area contributed by atoms with Crippen LogP contribution in [0.5, 0.6) is 0 Å². The highest BCUT2D eigenvalue weighted by atomic mass is 32.2. The van der Waals surface area contributed by atoms with E-state index in [0.717, 1.165) is 19.3 Å². The average molecular weight is 305 g/mol. The van der Waals surface area contributed by atoms with Gasteiger partial charge in [-0.3, -0.25) is 4.79 Å². The van der Waals surface area contributed by atoms with Crippen LogP contribution in [-0.4, -0.2) is 39.6 Å². The van der Waals surface area contributed by atoms with E-state index in [2.05, 4.69) is 18.2 Å². The Balaban J connectivity index is 1.62. The molecule has 1 aliphatic carbocycles. The zero-order chi connectivity index (χ0) is 14.8. The summed E-state index contributed by atoms with van der Waals surface area (Å²) in [5, 5.41) is 9.16. The molecular weight excluding hydrogens is 286 g/mol. The second kappa shape index (κ2) is 6.10. The number of carbonyl (C=O) groups excluding carboxylic acids is 1. The van der Waals surface area contributed by atoms with Crippen molar-refractivity contribution in [3.63, 3.8) is 0 Å². The number of carbonyl (C=O) groups is 2. The minimum atomic E-state index is -0.887. The predicted octanol–water partition coefficient (Wildman–Crippen LogP) is 2.17. The van der Waals surface area contributed by atoms with Crippen LogP contribution < -0.4 is 0 Å². The Morgan fingerprint density at radius 3 is 2.81 bits per heavy atom. The first kappa shape index (κ1) is 14.4. The van der Waals surface area contributed by atoms with Crippen LogP contribution in [0.15, 0.2) is 24.3 Å². The lowest BCUT2D eigenvalue weighted by molar-refractivity contribution is -0.148. The Bertz CT molecular complexity index is 560. The molecule has 1 aliphatic heterocycles. The third-order valence-corrected chi connectivity index (χ3v) is 5.41. The quantitative estimate of drug-likeness (QED) is 0.930. The maximum absolute atomic E-state index is 12.4. The lowest BCUT2D eigenvalue weighted by atomic mass is 9.82. The molecule has 2 aliphatic rings. The largest absolute Gasteiger partial charge is 0.480 e. The Morgan fingerprint density at radius 2 is 2.05 bits per heavy atom. The minimum Gasteiger partial charge on any atom is -0.480 e. The van der Waals surface area contributed by atoms with Gasteiger partial charge in [0.25, 0.3) is 0 Å². The Labute approximate surface area is 128 Å². The van der Waals surface area contributed by atoms with Crippen molar-refractivity contribution >= 4 is 23.6 Å². The normalized spacial score (nSPS) is 24.7. The van der Waals surface area contributed by atoms with Gasteiger partial charge < -0.3 is 10.0 Å². The van der Waals surface area contributed by atoms with E-state index >= 15 is 0 Å². The lowest BCUT2D eigenvalue weighted by Gasteiger charge is -2.27. The van der Waals surface area contributed by atoms with Crippen molar-refractivity contribution in [3.8, 4) is 0 Å². The third-order valence-electron chi connectivity index (χ3n) is 4.40. The molecule has 112 valence electrons. The summed E-state index contributed by atoms with van der Waals surface area (Å²) in [5.41, 5.74) is 2.73. The van der Waals surface area contributed by atoms with E-state index in [0.29, 0.717) is 24.0 Å². The molecule has 0 unspecified atom stereocenters. The molecule has 21 heavy (non-hydrogen) atoms. The molecule has 4 nitrogen and oxygen atoms in total. The van der Waals surface area contributed by atoms with Gasteiger partial charge in [-0.25, -0.2) is 4.79 Å². The number of rotatable bonds is 3. The lowest BCUT2D eigenvalue weighted by Crippen LogP contribution is -2.42. The summed E-state index contributed by atoms with van der Waals surface area (Å²) >= 11 is 1.52. The van der Waals surface area contributed by atoms with Gasteiger partial charge in [-0.1, -0.05) is 24.3 Å². The number of fused-ring (bicyclic) bond motifs is 1. The van der Waals surface area contributed by atoms with Gasteiger partial charge >= 0.3 is 5.97 Å². The Hall–Kier alpha value is -1.49. The third kappa shape index (κ3) is 3.07. The highest BCUT2D eigenvalue weighted by Crippen LogP contribution is 2.29. The summed E-state index contributed by atoms with van der Waals surface area (Å²) in [6, 6.07) is 7.75. The van der Waals surface area contributed by atoms with Crippen molar-refractivity contribution in [2.75, 3.05) is 11.6 Å². The molecule has 1 amide bonds. The van der Waals surface area contributed by atoms with Crippen molar-refractivity contribution in [1.29, 1.82) is 0 Å². The maximum atomic E-state index is 12.4. The van der Waals surface area contributed by atoms with Crippen molar-refractivity contribution < 1.29 is 14.7 Å². The number of hydrogen-bond donors (Lipinski definition) is 1. The first-order valence-electron chi connectivity index (χ1n) is 7.32. The number of thioether (sulfide) groups is 1. The molecule has 1 heterocycles. The molecule has 0 aromatic heterocycles. The van der Waals surface area contributed by atoms with Crippen molar-refractivity contribution in [2.45, 2.75) is 31.7 Å². The number of aryl methyl sites for hydroxylation is 1. The molecule has 1 aromatic rings. The monoisotopic (exact) mass is 305 g/mol. The van der Waals surface area contributed by atoms with Crippen LogP contribution in [0, 0.1) is 5.92 Å². The molecule has 3 rings (SSSR count). The standard InChI is InChI=1S/C16H19NO3S/c18-15(17-10-21-9-14(17)16(19)20)8-11-5-6-12-3-1-2-4-13(12)7-11/h1-4,11,14H,5-10H2,(H,19,20)/t11-,14+/m0/s1. The second-order valence-electron chi connectivity index (χ2n) is 5.80. The van der Waals surface area contributed by atoms with Crippen molar-refractivity contribution in [2.24, 2.45) is 5.92 Å². The van der Waals surface area contributed by atoms with Crippen LogP contribution >= 0.6 is 11.8 Å². The molecule has 1 N–H and O–H groups in total. The first-order valence-corrected chi connectivity index (χ1v) is 8.47. The number of amides is 1. The van der Waals surface area contributed by atoms with E-state index in [4.69, 9.17) is 5.11 Å². The minimum absolute atomic E-state index is 0.00298. The molecule has 1 fully saturated rings. The molecular formula is C16H19NO3S. The van der Waals surface area contributed by atoms with Gasteiger partial charge in [-0.15, -0.1) is 11.8 Å². The summed E-state index contributed by atoms with van der Waals surface area (Å²) in [6.45, 7) is 0. The van der Waals surface area contributed by atoms with E-state index < -0.39 is 12.0 Å². The molecule has 1 saturated heterocycles. The number of carboxylic acid groups (broad SMARTS) is 1. The van der Waals surface area contributed by atoms with E-state index in [1.165, 1.54) is 27.8 Å². The highest BCUT2D eigenvalue weighted by Gasteiger charge is 2.35. The number of benzene rings is 1. The van der Waals surface area contributed by atoms with Crippen LogP contribution in [0.25, 0.3) is 0 Å². The molecule has 1 aromatic carbocycles. The van der Waals surface area contributed by atoms with Gasteiger partial charge in [-0.2, -0.15) is 0 Å². The molecule has 0 saturated carbocycles. The first-order chi connectivity index (χ1) is 10.1. The number of nitrogens with zero attached hydrogens (tertiary/aromatic N) is 1. The van der Waals surface area contributed by atoms with Gasteiger partial charge in [0, 0.05) is 12.2 Å². The van der Waals surface area contributed by atoms with E-state index in [9.17, 15) is 9.59 Å². The summed E-state index contributed by atoms with van der Waals surface area (Å²) in [4.78, 5) is 25.1. The molecule has 0 radical (unpaired) electrons. The zero-order valence-electron chi connectivity index (χ0n) is 11.8. The van der Waals surface area contributed by atoms with E-state index in [1.54, 1.807) is 0 Å². The van der Waals surface area contributed by atoms with Crippen molar-refractivity contribution in [3.05, 3.63) is 35.4 Å². The van der Waals surface area contributed by atoms with Crippen LogP contribution in [0.1, 0.15) is 24.0 Å². The summed E-state index contributed by atoms with van der Waals surface area (Å²) in [6.07, 6.45) is 3.44. The summed E-state index contributed by atoms with van der Waals surface area (Å²) in [7, 11) is 0. The number of hydrogen-bond acceptors (Lipinski definition) is 3.